The lowest BCUT2D eigenvalue weighted by Crippen LogP contribution is -2.17. The van der Waals surface area contributed by atoms with Gasteiger partial charge in [-0.1, -0.05) is 35.9 Å². The maximum absolute atomic E-state index is 12.2. The molecule has 0 aliphatic heterocycles. The second-order valence-corrected chi connectivity index (χ2v) is 7.68. The minimum atomic E-state index is -0.573. The first kappa shape index (κ1) is 23.2. The summed E-state index contributed by atoms with van der Waals surface area (Å²) < 4.78 is 11.9. The molecular formula is C22H17BrClN3O5. The lowest BCUT2D eigenvalue weighted by Gasteiger charge is -2.14. The van der Waals surface area contributed by atoms with Gasteiger partial charge in [0.2, 0.25) is 0 Å². The number of nitro benzene ring substituents is 1. The Hall–Kier alpha value is -3.43. The van der Waals surface area contributed by atoms with Gasteiger partial charge in [0.1, 0.15) is 6.61 Å². The molecule has 0 unspecified atom stereocenters. The number of nitrogens with zero attached hydrogens (tertiary/aromatic N) is 2. The fourth-order valence-electron chi connectivity index (χ4n) is 2.71. The van der Waals surface area contributed by atoms with E-state index in [9.17, 15) is 14.9 Å². The Balaban J connectivity index is 1.70. The zero-order valence-electron chi connectivity index (χ0n) is 16.7. The molecule has 0 saturated heterocycles. The maximum atomic E-state index is 12.2. The van der Waals surface area contributed by atoms with Gasteiger partial charge in [-0.25, -0.2) is 5.43 Å². The number of carbonyl (C=O) groups is 1. The van der Waals surface area contributed by atoms with Crippen LogP contribution in [0, 0.1) is 10.1 Å². The molecule has 0 bridgehead atoms. The van der Waals surface area contributed by atoms with Crippen molar-refractivity contribution in [2.45, 2.75) is 6.61 Å². The molecule has 3 aromatic carbocycles. The average Bonchev–Trinajstić information content (AvgIpc) is 2.79. The Labute approximate surface area is 197 Å². The molecule has 0 spiro atoms. The molecule has 164 valence electrons. The standard InChI is InChI=1S/C22H17BrClN3O5/c1-31-20-10-14(9-18(23)21(20)32-13-16-5-2-3-8-19(16)24)12-25-26-22(28)15-6-4-7-17(11-15)27(29)30/h2-12H,13H2,1H3,(H,26,28)/b25-12+. The van der Waals surface area contributed by atoms with Crippen molar-refractivity contribution in [1.82, 2.24) is 5.43 Å². The summed E-state index contributed by atoms with van der Waals surface area (Å²) in [6.07, 6.45) is 1.42. The molecule has 0 aliphatic carbocycles. The Morgan fingerprint density at radius 3 is 2.72 bits per heavy atom. The monoisotopic (exact) mass is 517 g/mol. The molecule has 1 amide bonds. The van der Waals surface area contributed by atoms with E-state index in [0.29, 0.717) is 26.6 Å². The summed E-state index contributed by atoms with van der Waals surface area (Å²) in [5, 5.41) is 15.4. The Morgan fingerprint density at radius 1 is 1.22 bits per heavy atom. The van der Waals surface area contributed by atoms with Crippen molar-refractivity contribution in [2.75, 3.05) is 7.11 Å². The number of methoxy groups -OCH3 is 1. The number of carbonyl (C=O) groups excluding carboxylic acids is 1. The second-order valence-electron chi connectivity index (χ2n) is 6.42. The summed E-state index contributed by atoms with van der Waals surface area (Å²) in [4.78, 5) is 22.5. The molecule has 32 heavy (non-hydrogen) atoms. The van der Waals surface area contributed by atoms with Gasteiger partial charge < -0.3 is 9.47 Å². The topological polar surface area (TPSA) is 103 Å². The van der Waals surface area contributed by atoms with Gasteiger partial charge in [-0.2, -0.15) is 5.10 Å². The van der Waals surface area contributed by atoms with E-state index in [1.807, 2.05) is 18.2 Å². The van der Waals surface area contributed by atoms with Crippen LogP contribution in [0.25, 0.3) is 0 Å². The van der Waals surface area contributed by atoms with E-state index in [4.69, 9.17) is 21.1 Å². The number of hydrazone groups is 1. The first-order valence-corrected chi connectivity index (χ1v) is 10.4. The van der Waals surface area contributed by atoms with E-state index in [1.165, 1.54) is 37.6 Å². The first-order valence-electron chi connectivity index (χ1n) is 9.20. The van der Waals surface area contributed by atoms with E-state index in [2.05, 4.69) is 26.5 Å². The van der Waals surface area contributed by atoms with Crippen LogP contribution in [0.3, 0.4) is 0 Å². The van der Waals surface area contributed by atoms with Crippen LogP contribution in [0.15, 0.2) is 70.2 Å². The molecular weight excluding hydrogens is 502 g/mol. The van der Waals surface area contributed by atoms with Gasteiger partial charge in [0.05, 0.1) is 22.7 Å². The third-order valence-corrected chi connectivity index (χ3v) is 5.24. The number of rotatable bonds is 8. The number of ether oxygens (including phenoxy) is 2. The predicted octanol–water partition coefficient (Wildman–Crippen LogP) is 5.36. The van der Waals surface area contributed by atoms with Gasteiger partial charge in [-0.3, -0.25) is 14.9 Å². The molecule has 0 aromatic heterocycles. The Kier molecular flexibility index (Phi) is 7.80. The Morgan fingerprint density at radius 2 is 2.00 bits per heavy atom. The van der Waals surface area contributed by atoms with Crippen LogP contribution in [0.4, 0.5) is 5.69 Å². The summed E-state index contributed by atoms with van der Waals surface area (Å²) in [5.74, 6) is 0.374. The highest BCUT2D eigenvalue weighted by Crippen LogP contribution is 2.37. The van der Waals surface area contributed by atoms with Gasteiger partial charge >= 0.3 is 0 Å². The van der Waals surface area contributed by atoms with E-state index >= 15 is 0 Å². The molecule has 3 rings (SSSR count). The number of nitrogens with one attached hydrogen (secondary N) is 1. The number of hydrogen-bond acceptors (Lipinski definition) is 6. The van der Waals surface area contributed by atoms with E-state index in [1.54, 1.807) is 18.2 Å². The minimum Gasteiger partial charge on any atom is -0.493 e. The van der Waals surface area contributed by atoms with Crippen LogP contribution < -0.4 is 14.9 Å². The number of amides is 1. The molecule has 0 heterocycles. The zero-order chi connectivity index (χ0) is 23.1. The normalized spacial score (nSPS) is 10.7. The summed E-state index contributed by atoms with van der Waals surface area (Å²) in [5.41, 5.74) is 3.74. The van der Waals surface area contributed by atoms with Crippen molar-refractivity contribution >= 4 is 45.3 Å². The third-order valence-electron chi connectivity index (χ3n) is 4.28. The van der Waals surface area contributed by atoms with Crippen molar-refractivity contribution in [2.24, 2.45) is 5.10 Å². The molecule has 0 atom stereocenters. The quantitative estimate of drug-likeness (QED) is 0.246. The molecule has 3 aromatic rings. The van der Waals surface area contributed by atoms with Crippen molar-refractivity contribution in [3.8, 4) is 11.5 Å². The van der Waals surface area contributed by atoms with E-state index in [-0.39, 0.29) is 17.9 Å². The number of benzene rings is 3. The van der Waals surface area contributed by atoms with Crippen LogP contribution in [-0.4, -0.2) is 24.2 Å². The molecule has 0 fully saturated rings. The van der Waals surface area contributed by atoms with Crippen LogP contribution in [0.5, 0.6) is 11.5 Å². The summed E-state index contributed by atoms with van der Waals surface area (Å²) in [6, 6.07) is 16.2. The van der Waals surface area contributed by atoms with Crippen molar-refractivity contribution < 1.29 is 19.2 Å². The van der Waals surface area contributed by atoms with Gasteiger partial charge in [0, 0.05) is 28.3 Å². The Bertz CT molecular complexity index is 1190. The first-order chi connectivity index (χ1) is 15.4. The number of non-ortho nitro benzene ring substituents is 1. The fourth-order valence-corrected chi connectivity index (χ4v) is 3.47. The molecule has 0 saturated carbocycles. The molecule has 8 nitrogen and oxygen atoms in total. The molecule has 1 N–H and O–H groups in total. The number of nitro groups is 1. The summed E-state index contributed by atoms with van der Waals surface area (Å²) in [7, 11) is 1.51. The lowest BCUT2D eigenvalue weighted by atomic mass is 10.2. The fraction of sp³-hybridized carbons (Fsp3) is 0.0909. The SMILES string of the molecule is COc1cc(/C=N/NC(=O)c2cccc([N+](=O)[O-])c2)cc(Br)c1OCc1ccccc1Cl. The highest BCUT2D eigenvalue weighted by atomic mass is 79.9. The van der Waals surface area contributed by atoms with Crippen molar-refractivity contribution in [3.63, 3.8) is 0 Å². The van der Waals surface area contributed by atoms with Gasteiger partial charge in [-0.15, -0.1) is 0 Å². The van der Waals surface area contributed by atoms with Crippen LogP contribution in [-0.2, 0) is 6.61 Å². The predicted molar refractivity (Wildman–Crippen MR) is 125 cm³/mol. The number of hydrogen-bond donors (Lipinski definition) is 1. The highest BCUT2D eigenvalue weighted by Gasteiger charge is 2.13. The van der Waals surface area contributed by atoms with E-state index < -0.39 is 10.8 Å². The van der Waals surface area contributed by atoms with Crippen molar-refractivity contribution in [1.29, 1.82) is 0 Å². The average molecular weight is 519 g/mol. The highest BCUT2D eigenvalue weighted by molar-refractivity contribution is 9.10. The molecule has 10 heteroatoms. The smallest absolute Gasteiger partial charge is 0.271 e. The molecule has 0 radical (unpaired) electrons. The third kappa shape index (κ3) is 5.83. The van der Waals surface area contributed by atoms with Gasteiger partial charge in [0.15, 0.2) is 11.5 Å². The van der Waals surface area contributed by atoms with E-state index in [0.717, 1.165) is 5.56 Å². The second kappa shape index (κ2) is 10.7. The van der Waals surface area contributed by atoms with Gasteiger partial charge in [0.25, 0.3) is 11.6 Å². The van der Waals surface area contributed by atoms with Crippen LogP contribution >= 0.6 is 27.5 Å². The molecule has 0 aliphatic rings. The summed E-state index contributed by atoms with van der Waals surface area (Å²) >= 11 is 9.63. The van der Waals surface area contributed by atoms with Crippen LogP contribution in [0.1, 0.15) is 21.5 Å². The maximum Gasteiger partial charge on any atom is 0.271 e. The van der Waals surface area contributed by atoms with Crippen LogP contribution in [0.2, 0.25) is 5.02 Å². The lowest BCUT2D eigenvalue weighted by molar-refractivity contribution is -0.384. The zero-order valence-corrected chi connectivity index (χ0v) is 19.1. The largest absolute Gasteiger partial charge is 0.493 e. The summed E-state index contributed by atoms with van der Waals surface area (Å²) in [6.45, 7) is 0.251. The minimum absolute atomic E-state index is 0.124. The number of halogens is 2. The van der Waals surface area contributed by atoms with Gasteiger partial charge in [-0.05, 0) is 45.8 Å². The van der Waals surface area contributed by atoms with Crippen molar-refractivity contribution in [3.05, 3.63) is 97.0 Å².